The third-order valence-corrected chi connectivity index (χ3v) is 5.67. The van der Waals surface area contributed by atoms with Crippen molar-refractivity contribution < 1.29 is 13.9 Å². The topological polar surface area (TPSA) is 47.8 Å². The molecule has 0 radical (unpaired) electrons. The van der Waals surface area contributed by atoms with Crippen molar-refractivity contribution in [2.75, 3.05) is 6.61 Å². The molecule has 3 rings (SSSR count). The van der Waals surface area contributed by atoms with Crippen molar-refractivity contribution >= 4 is 17.7 Å². The van der Waals surface area contributed by atoms with Crippen LogP contribution in [0.4, 0.5) is 0 Å². The highest BCUT2D eigenvalue weighted by Gasteiger charge is 2.40. The summed E-state index contributed by atoms with van der Waals surface area (Å²) in [6.07, 6.45) is 17.8. The quantitative estimate of drug-likeness (QED) is 0.587. The first-order valence-electron chi connectivity index (χ1n) is 10.3. The van der Waals surface area contributed by atoms with E-state index in [4.69, 9.17) is 25.5 Å². The summed E-state index contributed by atoms with van der Waals surface area (Å²) in [6.45, 7) is 2.58. The van der Waals surface area contributed by atoms with Crippen LogP contribution < -0.4 is 0 Å². The van der Waals surface area contributed by atoms with E-state index in [1.807, 2.05) is 13.0 Å². The molecule has 2 aliphatic rings. The molecule has 0 saturated carbocycles. The highest BCUT2D eigenvalue weighted by molar-refractivity contribution is 6.32. The van der Waals surface area contributed by atoms with Gasteiger partial charge in [0.25, 0.3) is 0 Å². The van der Waals surface area contributed by atoms with Crippen LogP contribution >= 0.6 is 11.6 Å². The number of fused-ring (bicyclic) bond motifs is 1. The fraction of sp³-hybridized carbons (Fsp3) is 0.762. The van der Waals surface area contributed by atoms with Crippen LogP contribution in [0.3, 0.4) is 0 Å². The Bertz CT molecular complexity index is 571. The van der Waals surface area contributed by atoms with Crippen LogP contribution in [-0.2, 0) is 9.47 Å². The number of nitrogens with zero attached hydrogens (tertiary/aromatic N) is 1. The monoisotopic (exact) mass is 381 g/mol. The maximum absolute atomic E-state index is 6.59. The van der Waals surface area contributed by atoms with Gasteiger partial charge in [0.15, 0.2) is 5.89 Å². The zero-order valence-corrected chi connectivity index (χ0v) is 16.7. The first-order chi connectivity index (χ1) is 12.7. The van der Waals surface area contributed by atoms with E-state index in [2.05, 4.69) is 4.98 Å². The van der Waals surface area contributed by atoms with Crippen molar-refractivity contribution in [1.29, 1.82) is 0 Å². The van der Waals surface area contributed by atoms with E-state index in [1.165, 1.54) is 57.8 Å². The number of epoxide rings is 1. The Labute approximate surface area is 162 Å². The van der Waals surface area contributed by atoms with Crippen LogP contribution in [0, 0.1) is 6.92 Å². The summed E-state index contributed by atoms with van der Waals surface area (Å²) in [7, 11) is 0. The van der Waals surface area contributed by atoms with Crippen molar-refractivity contribution in [1.82, 2.24) is 4.98 Å². The molecule has 3 atom stereocenters. The van der Waals surface area contributed by atoms with Gasteiger partial charge >= 0.3 is 0 Å². The summed E-state index contributed by atoms with van der Waals surface area (Å²) in [5.41, 5.74) is 0.747. The van der Waals surface area contributed by atoms with Gasteiger partial charge in [-0.05, 0) is 18.9 Å². The number of halogens is 1. The molecule has 0 amide bonds. The molecule has 26 heavy (non-hydrogen) atoms. The molecule has 0 bridgehead atoms. The van der Waals surface area contributed by atoms with Gasteiger partial charge < -0.3 is 13.9 Å². The van der Waals surface area contributed by atoms with Crippen molar-refractivity contribution in [2.24, 2.45) is 0 Å². The third kappa shape index (κ3) is 6.71. The molecule has 2 aliphatic heterocycles. The maximum Gasteiger partial charge on any atom is 0.191 e. The molecule has 1 aromatic heterocycles. The van der Waals surface area contributed by atoms with E-state index >= 15 is 0 Å². The molecule has 2 saturated heterocycles. The lowest BCUT2D eigenvalue weighted by molar-refractivity contribution is 0.0685. The molecular formula is C21H32ClNO3. The second-order valence-corrected chi connectivity index (χ2v) is 8.04. The predicted molar refractivity (Wildman–Crippen MR) is 104 cm³/mol. The fourth-order valence-corrected chi connectivity index (χ4v) is 3.97. The van der Waals surface area contributed by atoms with Crippen molar-refractivity contribution in [3.63, 3.8) is 0 Å². The van der Waals surface area contributed by atoms with Gasteiger partial charge in [0.1, 0.15) is 12.0 Å². The number of oxazole rings is 1. The van der Waals surface area contributed by atoms with E-state index in [-0.39, 0.29) is 12.2 Å². The summed E-state index contributed by atoms with van der Waals surface area (Å²) in [5, 5.41) is 0.689. The van der Waals surface area contributed by atoms with Crippen molar-refractivity contribution in [3.05, 3.63) is 22.9 Å². The SMILES string of the molecule is Cc1nc(C=C(Cl)C2CC3OC3CCCCCCCCCCCO2)co1. The number of hydrogen-bond acceptors (Lipinski definition) is 4. The van der Waals surface area contributed by atoms with Gasteiger partial charge in [0.2, 0.25) is 0 Å². The molecular weight excluding hydrogens is 350 g/mol. The molecule has 0 aromatic carbocycles. The molecule has 0 N–H and O–H groups in total. The van der Waals surface area contributed by atoms with E-state index < -0.39 is 0 Å². The number of aromatic nitrogens is 1. The average molecular weight is 382 g/mol. The zero-order chi connectivity index (χ0) is 18.2. The largest absolute Gasteiger partial charge is 0.449 e. The summed E-state index contributed by atoms with van der Waals surface area (Å²) < 4.78 is 17.3. The van der Waals surface area contributed by atoms with Crippen LogP contribution in [0.25, 0.3) is 6.08 Å². The van der Waals surface area contributed by atoms with E-state index in [1.54, 1.807) is 6.26 Å². The van der Waals surface area contributed by atoms with Gasteiger partial charge in [-0.25, -0.2) is 4.98 Å². The molecule has 146 valence electrons. The lowest BCUT2D eigenvalue weighted by Crippen LogP contribution is -2.18. The first kappa shape index (κ1) is 19.9. The molecule has 4 nitrogen and oxygen atoms in total. The summed E-state index contributed by atoms with van der Waals surface area (Å²) in [5.74, 6) is 0.644. The second kappa shape index (κ2) is 10.5. The zero-order valence-electron chi connectivity index (χ0n) is 15.9. The minimum absolute atomic E-state index is 0.114. The van der Waals surface area contributed by atoms with Crippen LogP contribution in [0.15, 0.2) is 15.7 Å². The molecule has 0 spiro atoms. The average Bonchev–Trinajstić information content (AvgIpc) is 3.23. The minimum atomic E-state index is -0.114. The summed E-state index contributed by atoms with van der Waals surface area (Å²) in [4.78, 5) is 4.31. The van der Waals surface area contributed by atoms with Crippen LogP contribution in [-0.4, -0.2) is 29.9 Å². The van der Waals surface area contributed by atoms with E-state index in [0.717, 1.165) is 25.1 Å². The third-order valence-electron chi connectivity index (χ3n) is 5.32. The molecule has 5 heteroatoms. The standard InChI is InChI=1S/C21H32ClNO3/c1-16-23-17(15-25-16)13-18(22)20-14-21-19(26-21)11-9-7-5-3-2-4-6-8-10-12-24-20/h13,15,19-21H,2-12,14H2,1H3. The fourth-order valence-electron chi connectivity index (χ4n) is 3.70. The Morgan fingerprint density at radius 2 is 1.73 bits per heavy atom. The van der Waals surface area contributed by atoms with Crippen molar-refractivity contribution in [3.8, 4) is 0 Å². The van der Waals surface area contributed by atoms with E-state index in [0.29, 0.717) is 17.0 Å². The lowest BCUT2D eigenvalue weighted by atomic mass is 10.0. The molecule has 3 unspecified atom stereocenters. The number of hydrogen-bond donors (Lipinski definition) is 0. The second-order valence-electron chi connectivity index (χ2n) is 7.60. The highest BCUT2D eigenvalue weighted by atomic mass is 35.5. The molecule has 1 aromatic rings. The van der Waals surface area contributed by atoms with Gasteiger partial charge in [0.05, 0.1) is 18.3 Å². The van der Waals surface area contributed by atoms with Gasteiger partial charge in [-0.1, -0.05) is 63.0 Å². The first-order valence-corrected chi connectivity index (χ1v) is 10.7. The number of aryl methyl sites for hydroxylation is 1. The van der Waals surface area contributed by atoms with Gasteiger partial charge in [-0.3, -0.25) is 0 Å². The Morgan fingerprint density at radius 1 is 1.04 bits per heavy atom. The Morgan fingerprint density at radius 3 is 2.42 bits per heavy atom. The number of rotatable bonds is 2. The normalized spacial score (nSPS) is 29.9. The van der Waals surface area contributed by atoms with Crippen molar-refractivity contribution in [2.45, 2.75) is 95.9 Å². The predicted octanol–water partition coefficient (Wildman–Crippen LogP) is 6.02. The highest BCUT2D eigenvalue weighted by Crippen LogP contribution is 2.34. The molecule has 0 aliphatic carbocycles. The van der Waals surface area contributed by atoms with E-state index in [9.17, 15) is 0 Å². The lowest BCUT2D eigenvalue weighted by Gasteiger charge is -2.17. The number of ether oxygens (including phenoxy) is 2. The van der Waals surface area contributed by atoms with Crippen LogP contribution in [0.1, 0.15) is 82.2 Å². The Hall–Kier alpha value is -0.840. The van der Waals surface area contributed by atoms with Gasteiger partial charge in [-0.2, -0.15) is 0 Å². The Kier molecular flexibility index (Phi) is 8.03. The summed E-state index contributed by atoms with van der Waals surface area (Å²) in [6, 6.07) is 0. The van der Waals surface area contributed by atoms with Crippen LogP contribution in [0.2, 0.25) is 0 Å². The Balaban J connectivity index is 1.57. The molecule has 3 heterocycles. The summed E-state index contributed by atoms with van der Waals surface area (Å²) >= 11 is 6.59. The van der Waals surface area contributed by atoms with Gasteiger partial charge in [0, 0.05) is 25.0 Å². The molecule has 2 fully saturated rings. The smallest absolute Gasteiger partial charge is 0.191 e. The van der Waals surface area contributed by atoms with Crippen LogP contribution in [0.5, 0.6) is 0 Å². The maximum atomic E-state index is 6.59. The van der Waals surface area contributed by atoms with Gasteiger partial charge in [-0.15, -0.1) is 0 Å². The minimum Gasteiger partial charge on any atom is -0.449 e.